The first kappa shape index (κ1) is 11.9. The molecular weight excluding hydrogens is 297 g/mol. The summed E-state index contributed by atoms with van der Waals surface area (Å²) < 4.78 is 15.0. The molecule has 0 fully saturated rings. The minimum absolute atomic E-state index is 0.218. The third kappa shape index (κ3) is 1.69. The van der Waals surface area contributed by atoms with Crippen LogP contribution >= 0.6 is 15.9 Å². The molecule has 0 saturated heterocycles. The van der Waals surface area contributed by atoms with Gasteiger partial charge in [0.05, 0.1) is 17.6 Å². The first-order chi connectivity index (χ1) is 8.61. The Hall–Kier alpha value is -1.20. The number of nitrogens with one attached hydrogen (secondary N) is 2. The van der Waals surface area contributed by atoms with E-state index in [1.807, 2.05) is 13.0 Å². The lowest BCUT2D eigenvalue weighted by atomic mass is 9.84. The van der Waals surface area contributed by atoms with E-state index in [-0.39, 0.29) is 5.82 Å². The summed E-state index contributed by atoms with van der Waals surface area (Å²) in [6, 6.07) is 5.00. The molecule has 2 aromatic rings. The number of imidazole rings is 1. The molecule has 3 rings (SSSR count). The molecule has 1 atom stereocenters. The molecule has 1 aliphatic rings. The number of fused-ring (bicyclic) bond motifs is 1. The summed E-state index contributed by atoms with van der Waals surface area (Å²) >= 11 is 3.40. The second-order valence-electron chi connectivity index (χ2n) is 4.66. The highest BCUT2D eigenvalue weighted by Crippen LogP contribution is 2.35. The number of nitrogens with zero attached hydrogens (tertiary/aromatic N) is 1. The monoisotopic (exact) mass is 309 g/mol. The molecule has 1 aromatic carbocycles. The van der Waals surface area contributed by atoms with Crippen molar-refractivity contribution in [3.63, 3.8) is 0 Å². The maximum atomic E-state index is 14.1. The fourth-order valence-corrected chi connectivity index (χ4v) is 2.93. The van der Waals surface area contributed by atoms with Gasteiger partial charge in [-0.25, -0.2) is 9.37 Å². The summed E-state index contributed by atoms with van der Waals surface area (Å²) in [6.07, 6.45) is 2.56. The van der Waals surface area contributed by atoms with Crippen LogP contribution in [0.5, 0.6) is 0 Å². The fourth-order valence-electron chi connectivity index (χ4n) is 2.57. The number of rotatable bonds is 1. The van der Waals surface area contributed by atoms with E-state index < -0.39 is 5.54 Å². The first-order valence-electron chi connectivity index (χ1n) is 5.84. The fraction of sp³-hybridized carbons (Fsp3) is 0.308. The van der Waals surface area contributed by atoms with Crippen molar-refractivity contribution >= 4 is 15.9 Å². The molecule has 18 heavy (non-hydrogen) atoms. The Balaban J connectivity index is 2.20. The van der Waals surface area contributed by atoms with Gasteiger partial charge in [-0.15, -0.1) is 0 Å². The van der Waals surface area contributed by atoms with E-state index in [1.165, 1.54) is 6.07 Å². The van der Waals surface area contributed by atoms with Crippen molar-refractivity contribution in [3.8, 4) is 0 Å². The maximum Gasteiger partial charge on any atom is 0.128 e. The van der Waals surface area contributed by atoms with Crippen molar-refractivity contribution in [2.45, 2.75) is 18.9 Å². The second-order valence-corrected chi connectivity index (χ2v) is 5.57. The molecule has 1 aromatic heterocycles. The summed E-state index contributed by atoms with van der Waals surface area (Å²) in [5.41, 5.74) is 1.99. The van der Waals surface area contributed by atoms with E-state index in [4.69, 9.17) is 0 Å². The van der Waals surface area contributed by atoms with Gasteiger partial charge < -0.3 is 10.3 Å². The van der Waals surface area contributed by atoms with Gasteiger partial charge in [0.25, 0.3) is 0 Å². The zero-order chi connectivity index (χ0) is 12.8. The summed E-state index contributed by atoms with van der Waals surface area (Å²) in [7, 11) is 0. The first-order valence-corrected chi connectivity index (χ1v) is 6.64. The SMILES string of the molecule is CC1(c2cc(Br)ccc2F)NCCc2[nH]cnc21. The number of halogens is 2. The number of hydrogen-bond acceptors (Lipinski definition) is 2. The van der Waals surface area contributed by atoms with Gasteiger partial charge in [-0.1, -0.05) is 15.9 Å². The average molecular weight is 310 g/mol. The zero-order valence-corrected chi connectivity index (χ0v) is 11.5. The third-order valence-electron chi connectivity index (χ3n) is 3.51. The smallest absolute Gasteiger partial charge is 0.128 e. The van der Waals surface area contributed by atoms with Crippen molar-refractivity contribution in [2.24, 2.45) is 0 Å². The molecule has 0 amide bonds. The molecule has 0 bridgehead atoms. The summed E-state index contributed by atoms with van der Waals surface area (Å²) in [4.78, 5) is 7.49. The van der Waals surface area contributed by atoms with Crippen molar-refractivity contribution in [2.75, 3.05) is 6.54 Å². The van der Waals surface area contributed by atoms with Crippen LogP contribution in [0.25, 0.3) is 0 Å². The molecule has 3 nitrogen and oxygen atoms in total. The molecule has 0 aliphatic carbocycles. The molecule has 5 heteroatoms. The predicted octanol–water partition coefficient (Wildman–Crippen LogP) is 2.72. The van der Waals surface area contributed by atoms with Crippen LogP contribution in [-0.4, -0.2) is 16.5 Å². The van der Waals surface area contributed by atoms with Crippen molar-refractivity contribution in [1.82, 2.24) is 15.3 Å². The maximum absolute atomic E-state index is 14.1. The Kier molecular flexibility index (Phi) is 2.75. The molecule has 2 N–H and O–H groups in total. The highest BCUT2D eigenvalue weighted by atomic mass is 79.9. The van der Waals surface area contributed by atoms with Crippen LogP contribution in [0.4, 0.5) is 4.39 Å². The van der Waals surface area contributed by atoms with Crippen LogP contribution in [0.2, 0.25) is 0 Å². The van der Waals surface area contributed by atoms with E-state index in [1.54, 1.807) is 12.4 Å². The molecule has 0 radical (unpaired) electrons. The molecule has 94 valence electrons. The van der Waals surface area contributed by atoms with Crippen LogP contribution in [0.15, 0.2) is 29.0 Å². The quantitative estimate of drug-likeness (QED) is 0.850. The predicted molar refractivity (Wildman–Crippen MR) is 70.8 cm³/mol. The topological polar surface area (TPSA) is 40.7 Å². The van der Waals surface area contributed by atoms with Crippen LogP contribution < -0.4 is 5.32 Å². The Morgan fingerprint density at radius 1 is 1.44 bits per heavy atom. The number of H-pyrrole nitrogens is 1. The molecule has 2 heterocycles. The van der Waals surface area contributed by atoms with Crippen molar-refractivity contribution < 1.29 is 4.39 Å². The number of hydrogen-bond donors (Lipinski definition) is 2. The Bertz CT molecular complexity index is 596. The minimum Gasteiger partial charge on any atom is -0.348 e. The minimum atomic E-state index is -0.582. The lowest BCUT2D eigenvalue weighted by Gasteiger charge is -2.34. The van der Waals surface area contributed by atoms with E-state index in [9.17, 15) is 4.39 Å². The van der Waals surface area contributed by atoms with Gasteiger partial charge in [-0.3, -0.25) is 0 Å². The van der Waals surface area contributed by atoms with Crippen molar-refractivity contribution in [1.29, 1.82) is 0 Å². The second kappa shape index (κ2) is 4.17. The van der Waals surface area contributed by atoms with Crippen LogP contribution in [-0.2, 0) is 12.0 Å². The number of aromatic amines is 1. The summed E-state index contributed by atoms with van der Waals surface area (Å²) in [5, 5.41) is 3.38. The Morgan fingerprint density at radius 3 is 3.11 bits per heavy atom. The van der Waals surface area contributed by atoms with E-state index in [2.05, 4.69) is 31.2 Å². The Labute approximate surface area is 113 Å². The van der Waals surface area contributed by atoms with Gasteiger partial charge in [0.1, 0.15) is 5.82 Å². The van der Waals surface area contributed by atoms with Gasteiger partial charge in [0, 0.05) is 28.7 Å². The lowest BCUT2D eigenvalue weighted by molar-refractivity contribution is 0.386. The van der Waals surface area contributed by atoms with Gasteiger partial charge >= 0.3 is 0 Å². The van der Waals surface area contributed by atoms with Gasteiger partial charge in [-0.2, -0.15) is 0 Å². The number of benzene rings is 1. The number of aromatic nitrogens is 2. The highest BCUT2D eigenvalue weighted by Gasteiger charge is 2.37. The van der Waals surface area contributed by atoms with Crippen LogP contribution in [0.3, 0.4) is 0 Å². The van der Waals surface area contributed by atoms with Crippen LogP contribution in [0.1, 0.15) is 23.9 Å². The Morgan fingerprint density at radius 2 is 2.28 bits per heavy atom. The standard InChI is InChI=1S/C13H13BrFN3/c1-13(9-6-8(14)2-3-10(9)15)12-11(4-5-18-13)16-7-17-12/h2-3,6-7,18H,4-5H2,1H3,(H,16,17). The lowest BCUT2D eigenvalue weighted by Crippen LogP contribution is -2.46. The van der Waals surface area contributed by atoms with Gasteiger partial charge in [-0.05, 0) is 25.1 Å². The average Bonchev–Trinajstić information content (AvgIpc) is 2.82. The van der Waals surface area contributed by atoms with E-state index in [0.717, 1.165) is 28.8 Å². The molecule has 0 spiro atoms. The van der Waals surface area contributed by atoms with E-state index >= 15 is 0 Å². The zero-order valence-electron chi connectivity index (χ0n) is 9.93. The summed E-state index contributed by atoms with van der Waals surface area (Å²) in [5.74, 6) is -0.218. The largest absolute Gasteiger partial charge is 0.348 e. The summed E-state index contributed by atoms with van der Waals surface area (Å²) in [6.45, 7) is 2.77. The van der Waals surface area contributed by atoms with Crippen LogP contribution in [0, 0.1) is 5.82 Å². The highest BCUT2D eigenvalue weighted by molar-refractivity contribution is 9.10. The van der Waals surface area contributed by atoms with E-state index in [0.29, 0.717) is 5.56 Å². The normalized spacial score (nSPS) is 22.8. The molecule has 1 aliphatic heterocycles. The molecule has 0 saturated carbocycles. The van der Waals surface area contributed by atoms with Gasteiger partial charge in [0.2, 0.25) is 0 Å². The molecular formula is C13H13BrFN3. The third-order valence-corrected chi connectivity index (χ3v) is 4.01. The van der Waals surface area contributed by atoms with Gasteiger partial charge in [0.15, 0.2) is 0 Å². The molecule has 1 unspecified atom stereocenters. The van der Waals surface area contributed by atoms with Crippen molar-refractivity contribution in [3.05, 3.63) is 51.8 Å².